The zero-order valence-corrected chi connectivity index (χ0v) is 19.6. The molecule has 0 bridgehead atoms. The molecule has 172 valence electrons. The van der Waals surface area contributed by atoms with Gasteiger partial charge in [0.25, 0.3) is 0 Å². The predicted octanol–water partition coefficient (Wildman–Crippen LogP) is 3.43. The number of carbonyl (C=O) groups is 2. The van der Waals surface area contributed by atoms with Gasteiger partial charge in [-0.15, -0.1) is 0 Å². The summed E-state index contributed by atoms with van der Waals surface area (Å²) in [6.45, 7) is 9.09. The van der Waals surface area contributed by atoms with Crippen LogP contribution in [0.4, 0.5) is 0 Å². The molecule has 1 saturated heterocycles. The highest BCUT2D eigenvalue weighted by Gasteiger charge is 2.27. The SMILES string of the molecule is CC(OC(=O)c1ccc(S(=O)(=O)N2CCOCC2)cc1)C(=O)c1ccc(C(C)(C)C)cc1. The van der Waals surface area contributed by atoms with Gasteiger partial charge in [-0.25, -0.2) is 13.2 Å². The van der Waals surface area contributed by atoms with E-state index in [9.17, 15) is 18.0 Å². The van der Waals surface area contributed by atoms with E-state index in [4.69, 9.17) is 9.47 Å². The maximum atomic E-state index is 12.7. The average Bonchev–Trinajstić information content (AvgIpc) is 2.78. The maximum Gasteiger partial charge on any atom is 0.338 e. The Labute approximate surface area is 189 Å². The number of benzene rings is 2. The first-order chi connectivity index (χ1) is 15.0. The number of hydrogen-bond donors (Lipinski definition) is 0. The average molecular weight is 460 g/mol. The van der Waals surface area contributed by atoms with Gasteiger partial charge in [-0.3, -0.25) is 4.79 Å². The summed E-state index contributed by atoms with van der Waals surface area (Å²) >= 11 is 0. The topological polar surface area (TPSA) is 90.0 Å². The highest BCUT2D eigenvalue weighted by Crippen LogP contribution is 2.23. The van der Waals surface area contributed by atoms with Crippen molar-refractivity contribution in [2.75, 3.05) is 26.3 Å². The van der Waals surface area contributed by atoms with Crippen molar-refractivity contribution >= 4 is 21.8 Å². The number of esters is 1. The van der Waals surface area contributed by atoms with E-state index in [1.807, 2.05) is 12.1 Å². The quantitative estimate of drug-likeness (QED) is 0.486. The molecule has 2 aromatic rings. The van der Waals surface area contributed by atoms with Crippen molar-refractivity contribution in [1.82, 2.24) is 4.31 Å². The molecule has 0 amide bonds. The van der Waals surface area contributed by atoms with Crippen LogP contribution in [0.3, 0.4) is 0 Å². The van der Waals surface area contributed by atoms with Crippen LogP contribution >= 0.6 is 0 Å². The van der Waals surface area contributed by atoms with E-state index in [-0.39, 0.29) is 21.7 Å². The van der Waals surface area contributed by atoms with Gasteiger partial charge < -0.3 is 9.47 Å². The molecule has 1 unspecified atom stereocenters. The number of carbonyl (C=O) groups excluding carboxylic acids is 2. The molecule has 0 N–H and O–H groups in total. The number of Topliss-reactive ketones (excluding diaryl/α,β-unsaturated/α-hetero) is 1. The number of rotatable bonds is 6. The fourth-order valence-electron chi connectivity index (χ4n) is 3.35. The Morgan fingerprint density at radius 1 is 0.938 bits per heavy atom. The molecular formula is C24H29NO6S. The zero-order valence-electron chi connectivity index (χ0n) is 18.8. The second-order valence-corrected chi connectivity index (χ2v) is 10.7. The van der Waals surface area contributed by atoms with Crippen molar-refractivity contribution in [2.24, 2.45) is 0 Å². The highest BCUT2D eigenvalue weighted by atomic mass is 32.2. The minimum absolute atomic E-state index is 0.0267. The summed E-state index contributed by atoms with van der Waals surface area (Å²) in [7, 11) is -3.64. The van der Waals surface area contributed by atoms with Gasteiger partial charge in [0.05, 0.1) is 23.7 Å². The third-order valence-corrected chi connectivity index (χ3v) is 7.30. The summed E-state index contributed by atoms with van der Waals surface area (Å²) in [4.78, 5) is 25.2. The van der Waals surface area contributed by atoms with Gasteiger partial charge in [0.15, 0.2) is 6.10 Å². The van der Waals surface area contributed by atoms with Gasteiger partial charge in [0.1, 0.15) is 0 Å². The molecule has 0 spiro atoms. The largest absolute Gasteiger partial charge is 0.451 e. The fraction of sp³-hybridized carbons (Fsp3) is 0.417. The summed E-state index contributed by atoms with van der Waals surface area (Å²) in [5, 5.41) is 0. The Kier molecular flexibility index (Phi) is 7.17. The number of nitrogens with zero attached hydrogens (tertiary/aromatic N) is 1. The molecule has 0 radical (unpaired) electrons. The fourth-order valence-corrected chi connectivity index (χ4v) is 4.76. The lowest BCUT2D eigenvalue weighted by Crippen LogP contribution is -2.40. The van der Waals surface area contributed by atoms with Gasteiger partial charge >= 0.3 is 5.97 Å². The molecule has 0 saturated carbocycles. The molecule has 1 fully saturated rings. The van der Waals surface area contributed by atoms with Crippen LogP contribution in [-0.4, -0.2) is 56.9 Å². The first kappa shape index (κ1) is 24.1. The van der Waals surface area contributed by atoms with Crippen LogP contribution in [0.1, 0.15) is 54.0 Å². The minimum atomic E-state index is -3.64. The predicted molar refractivity (Wildman–Crippen MR) is 120 cm³/mol. The maximum absolute atomic E-state index is 12.7. The number of ether oxygens (including phenoxy) is 2. The molecule has 0 aliphatic carbocycles. The number of morpholine rings is 1. The number of sulfonamides is 1. The van der Waals surface area contributed by atoms with Gasteiger partial charge in [0, 0.05) is 18.7 Å². The summed E-state index contributed by atoms with van der Waals surface area (Å²) in [6.07, 6.45) is -0.972. The van der Waals surface area contributed by atoms with Crippen molar-refractivity contribution in [2.45, 2.75) is 44.1 Å². The van der Waals surface area contributed by atoms with Crippen LogP contribution in [0.25, 0.3) is 0 Å². The Morgan fingerprint density at radius 2 is 1.47 bits per heavy atom. The Hall–Kier alpha value is -2.55. The van der Waals surface area contributed by atoms with Gasteiger partial charge in [0.2, 0.25) is 15.8 Å². The lowest BCUT2D eigenvalue weighted by atomic mass is 9.86. The van der Waals surface area contributed by atoms with Crippen molar-refractivity contribution in [3.8, 4) is 0 Å². The van der Waals surface area contributed by atoms with Crippen LogP contribution in [0.5, 0.6) is 0 Å². The molecule has 1 heterocycles. The molecule has 1 atom stereocenters. The summed E-state index contributed by atoms with van der Waals surface area (Å²) < 4.78 is 37.3. The molecule has 0 aromatic heterocycles. The lowest BCUT2D eigenvalue weighted by molar-refractivity contribution is 0.0318. The summed E-state index contributed by atoms with van der Waals surface area (Å²) in [6, 6.07) is 12.8. The molecule has 32 heavy (non-hydrogen) atoms. The second-order valence-electron chi connectivity index (χ2n) is 8.78. The van der Waals surface area contributed by atoms with E-state index >= 15 is 0 Å². The smallest absolute Gasteiger partial charge is 0.338 e. The van der Waals surface area contributed by atoms with Crippen LogP contribution in [-0.2, 0) is 24.9 Å². The third kappa shape index (κ3) is 5.43. The molecular weight excluding hydrogens is 430 g/mol. The third-order valence-electron chi connectivity index (χ3n) is 5.39. The standard InChI is InChI=1S/C24H29NO6S/c1-17(22(26)18-5-9-20(10-6-18)24(2,3)4)31-23(27)19-7-11-21(12-8-19)32(28,29)25-13-15-30-16-14-25/h5-12,17H,13-16H2,1-4H3. The van der Waals surface area contributed by atoms with Crippen LogP contribution < -0.4 is 0 Å². The van der Waals surface area contributed by atoms with E-state index in [1.165, 1.54) is 35.5 Å². The summed E-state index contributed by atoms with van der Waals surface area (Å²) in [5.41, 5.74) is 1.71. The molecule has 7 nitrogen and oxygen atoms in total. The number of ketones is 1. The summed E-state index contributed by atoms with van der Waals surface area (Å²) in [5.74, 6) is -0.988. The minimum Gasteiger partial charge on any atom is -0.451 e. The Morgan fingerprint density at radius 3 is 2.00 bits per heavy atom. The molecule has 2 aromatic carbocycles. The Bertz CT molecular complexity index is 1060. The number of hydrogen-bond acceptors (Lipinski definition) is 6. The van der Waals surface area contributed by atoms with Crippen LogP contribution in [0.15, 0.2) is 53.4 Å². The van der Waals surface area contributed by atoms with Gasteiger partial charge in [-0.05, 0) is 42.2 Å². The highest BCUT2D eigenvalue weighted by molar-refractivity contribution is 7.89. The van der Waals surface area contributed by atoms with Gasteiger partial charge in [-0.1, -0.05) is 45.0 Å². The Balaban J connectivity index is 1.65. The van der Waals surface area contributed by atoms with Gasteiger partial charge in [-0.2, -0.15) is 4.31 Å². The normalized spacial score (nSPS) is 16.4. The lowest BCUT2D eigenvalue weighted by Gasteiger charge is -2.26. The van der Waals surface area contributed by atoms with Crippen molar-refractivity contribution in [3.63, 3.8) is 0 Å². The van der Waals surface area contributed by atoms with Crippen LogP contribution in [0, 0.1) is 0 Å². The molecule has 1 aliphatic rings. The monoisotopic (exact) mass is 459 g/mol. The van der Waals surface area contributed by atoms with Crippen molar-refractivity contribution in [1.29, 1.82) is 0 Å². The van der Waals surface area contributed by atoms with Crippen LogP contribution in [0.2, 0.25) is 0 Å². The first-order valence-electron chi connectivity index (χ1n) is 10.5. The molecule has 1 aliphatic heterocycles. The molecule has 3 rings (SSSR count). The second kappa shape index (κ2) is 9.52. The van der Waals surface area contributed by atoms with E-state index in [1.54, 1.807) is 12.1 Å². The van der Waals surface area contributed by atoms with Crippen molar-refractivity contribution in [3.05, 3.63) is 65.2 Å². The first-order valence-corrected chi connectivity index (χ1v) is 12.0. The van der Waals surface area contributed by atoms with E-state index in [0.29, 0.717) is 31.9 Å². The van der Waals surface area contributed by atoms with E-state index < -0.39 is 22.1 Å². The van der Waals surface area contributed by atoms with E-state index in [2.05, 4.69) is 20.8 Å². The van der Waals surface area contributed by atoms with E-state index in [0.717, 1.165) is 5.56 Å². The zero-order chi connectivity index (χ0) is 23.5. The molecule has 8 heteroatoms. The van der Waals surface area contributed by atoms with Crippen molar-refractivity contribution < 1.29 is 27.5 Å².